The summed E-state index contributed by atoms with van der Waals surface area (Å²) in [6.07, 6.45) is 3.02. The van der Waals surface area contributed by atoms with E-state index in [4.69, 9.17) is 5.73 Å². The molecule has 0 amide bonds. The molecule has 0 atom stereocenters. The Morgan fingerprint density at radius 3 is 2.57 bits per heavy atom. The third kappa shape index (κ3) is 3.21. The Morgan fingerprint density at radius 2 is 1.87 bits per heavy atom. The van der Waals surface area contributed by atoms with Gasteiger partial charge in [-0.05, 0) is 24.3 Å². The summed E-state index contributed by atoms with van der Waals surface area (Å²) in [6, 6.07) is 11.4. The Kier molecular flexibility index (Phi) is 3.79. The molecule has 0 unspecified atom stereocenters. The Bertz CT molecular complexity index is 851. The third-order valence-electron chi connectivity index (χ3n) is 3.11. The summed E-state index contributed by atoms with van der Waals surface area (Å²) in [5.74, 6) is 0.930. The number of hydrogen-bond donors (Lipinski definition) is 2. The Morgan fingerprint density at radius 1 is 1.09 bits per heavy atom. The number of hydrogen-bond acceptors (Lipinski definition) is 7. The molecule has 0 fully saturated rings. The molecule has 0 saturated heterocycles. The Balaban J connectivity index is 1.93. The normalized spacial score (nSPS) is 10.3. The molecule has 0 bridgehead atoms. The van der Waals surface area contributed by atoms with Gasteiger partial charge >= 0.3 is 0 Å². The van der Waals surface area contributed by atoms with Gasteiger partial charge in [0, 0.05) is 35.6 Å². The lowest BCUT2D eigenvalue weighted by atomic mass is 10.1. The van der Waals surface area contributed by atoms with Gasteiger partial charge in [-0.25, -0.2) is 15.0 Å². The molecule has 3 N–H and O–H groups in total. The van der Waals surface area contributed by atoms with E-state index in [0.717, 1.165) is 5.56 Å². The molecule has 114 valence electrons. The molecule has 0 radical (unpaired) electrons. The lowest BCUT2D eigenvalue weighted by molar-refractivity contribution is -0.384. The summed E-state index contributed by atoms with van der Waals surface area (Å²) in [7, 11) is 0. The van der Waals surface area contributed by atoms with Crippen molar-refractivity contribution in [1.82, 2.24) is 15.0 Å². The van der Waals surface area contributed by atoms with Crippen LogP contribution < -0.4 is 11.1 Å². The molecule has 0 saturated carbocycles. The van der Waals surface area contributed by atoms with Crippen LogP contribution in [0.25, 0.3) is 11.3 Å². The van der Waals surface area contributed by atoms with Crippen LogP contribution in [-0.4, -0.2) is 19.9 Å². The van der Waals surface area contributed by atoms with Crippen molar-refractivity contribution >= 4 is 23.0 Å². The fourth-order valence-corrected chi connectivity index (χ4v) is 2.03. The Labute approximate surface area is 131 Å². The number of benzene rings is 1. The molecule has 0 spiro atoms. The van der Waals surface area contributed by atoms with Gasteiger partial charge in [-0.3, -0.25) is 10.1 Å². The van der Waals surface area contributed by atoms with Crippen LogP contribution in [0.4, 0.5) is 23.0 Å². The second-order valence-electron chi connectivity index (χ2n) is 4.66. The molecule has 2 aromatic heterocycles. The highest BCUT2D eigenvalue weighted by molar-refractivity contribution is 5.77. The van der Waals surface area contributed by atoms with E-state index in [9.17, 15) is 10.1 Å². The smallest absolute Gasteiger partial charge is 0.269 e. The monoisotopic (exact) mass is 308 g/mol. The average molecular weight is 308 g/mol. The van der Waals surface area contributed by atoms with Crippen LogP contribution in [0.15, 0.2) is 55.0 Å². The molecule has 3 aromatic rings. The fourth-order valence-electron chi connectivity index (χ4n) is 2.03. The highest BCUT2D eigenvalue weighted by Gasteiger charge is 2.09. The summed E-state index contributed by atoms with van der Waals surface area (Å²) in [6.45, 7) is 0. The van der Waals surface area contributed by atoms with E-state index in [1.54, 1.807) is 30.5 Å². The summed E-state index contributed by atoms with van der Waals surface area (Å²) in [5, 5.41) is 13.8. The SMILES string of the molecule is Nc1cc(-c2cccnc2Nc2ccc([N+](=O)[O-])cc2)ncn1. The van der Waals surface area contributed by atoms with E-state index >= 15 is 0 Å². The molecular formula is C15H12N6O2. The number of nitrogens with two attached hydrogens (primary N) is 1. The van der Waals surface area contributed by atoms with Gasteiger partial charge in [0.1, 0.15) is 18.0 Å². The average Bonchev–Trinajstić information content (AvgIpc) is 2.56. The number of nitrogen functional groups attached to an aromatic ring is 1. The van der Waals surface area contributed by atoms with Crippen molar-refractivity contribution in [2.45, 2.75) is 0 Å². The highest BCUT2D eigenvalue weighted by atomic mass is 16.6. The minimum atomic E-state index is -0.445. The topological polar surface area (TPSA) is 120 Å². The molecule has 8 heteroatoms. The zero-order valence-corrected chi connectivity index (χ0v) is 11.9. The highest BCUT2D eigenvalue weighted by Crippen LogP contribution is 2.28. The molecule has 0 aliphatic carbocycles. The second-order valence-corrected chi connectivity index (χ2v) is 4.66. The lowest BCUT2D eigenvalue weighted by Crippen LogP contribution is -1.99. The second kappa shape index (κ2) is 6.06. The van der Waals surface area contributed by atoms with Crippen LogP contribution in [0.3, 0.4) is 0 Å². The van der Waals surface area contributed by atoms with E-state index in [1.165, 1.54) is 18.5 Å². The zero-order chi connectivity index (χ0) is 16.2. The van der Waals surface area contributed by atoms with Gasteiger partial charge < -0.3 is 11.1 Å². The first-order valence-electron chi connectivity index (χ1n) is 6.68. The molecule has 0 aliphatic rings. The number of nitrogens with one attached hydrogen (secondary N) is 1. The van der Waals surface area contributed by atoms with Crippen molar-refractivity contribution in [3.63, 3.8) is 0 Å². The maximum absolute atomic E-state index is 10.7. The van der Waals surface area contributed by atoms with Crippen molar-refractivity contribution in [2.24, 2.45) is 0 Å². The van der Waals surface area contributed by atoms with Gasteiger partial charge in [0.15, 0.2) is 0 Å². The van der Waals surface area contributed by atoms with E-state index < -0.39 is 4.92 Å². The largest absolute Gasteiger partial charge is 0.384 e. The van der Waals surface area contributed by atoms with E-state index in [0.29, 0.717) is 23.0 Å². The van der Waals surface area contributed by atoms with Gasteiger partial charge in [-0.2, -0.15) is 0 Å². The number of nitrogens with zero attached hydrogens (tertiary/aromatic N) is 4. The maximum atomic E-state index is 10.7. The number of nitro benzene ring substituents is 1. The van der Waals surface area contributed by atoms with Gasteiger partial charge in [0.2, 0.25) is 0 Å². The van der Waals surface area contributed by atoms with Crippen molar-refractivity contribution in [1.29, 1.82) is 0 Å². The number of anilines is 3. The molecule has 3 rings (SSSR count). The lowest BCUT2D eigenvalue weighted by Gasteiger charge is -2.10. The van der Waals surface area contributed by atoms with Crippen LogP contribution in [0, 0.1) is 10.1 Å². The van der Waals surface area contributed by atoms with Crippen LogP contribution >= 0.6 is 0 Å². The maximum Gasteiger partial charge on any atom is 0.269 e. The predicted octanol–water partition coefficient (Wildman–Crippen LogP) is 2.77. The summed E-state index contributed by atoms with van der Waals surface area (Å²) in [5.41, 5.74) is 7.78. The minimum Gasteiger partial charge on any atom is -0.384 e. The van der Waals surface area contributed by atoms with E-state index in [1.807, 2.05) is 6.07 Å². The number of rotatable bonds is 4. The Hall–Kier alpha value is -3.55. The van der Waals surface area contributed by atoms with Crippen LogP contribution in [0.2, 0.25) is 0 Å². The van der Waals surface area contributed by atoms with E-state index in [2.05, 4.69) is 20.3 Å². The molecule has 8 nitrogen and oxygen atoms in total. The zero-order valence-electron chi connectivity index (χ0n) is 11.9. The number of aromatic nitrogens is 3. The van der Waals surface area contributed by atoms with Gasteiger partial charge in [-0.15, -0.1) is 0 Å². The molecule has 0 aliphatic heterocycles. The van der Waals surface area contributed by atoms with Crippen molar-refractivity contribution < 1.29 is 4.92 Å². The number of nitro groups is 1. The van der Waals surface area contributed by atoms with Crippen LogP contribution in [0.5, 0.6) is 0 Å². The molecule has 1 aromatic carbocycles. The predicted molar refractivity (Wildman–Crippen MR) is 86.1 cm³/mol. The van der Waals surface area contributed by atoms with Gasteiger partial charge in [0.05, 0.1) is 10.6 Å². The van der Waals surface area contributed by atoms with Gasteiger partial charge in [-0.1, -0.05) is 0 Å². The minimum absolute atomic E-state index is 0.0281. The number of non-ortho nitro benzene ring substituents is 1. The first kappa shape index (κ1) is 14.4. The van der Waals surface area contributed by atoms with Crippen LogP contribution in [0.1, 0.15) is 0 Å². The van der Waals surface area contributed by atoms with Crippen molar-refractivity contribution in [2.75, 3.05) is 11.1 Å². The summed E-state index contributed by atoms with van der Waals surface area (Å²) < 4.78 is 0. The van der Waals surface area contributed by atoms with Crippen molar-refractivity contribution in [3.8, 4) is 11.3 Å². The third-order valence-corrected chi connectivity index (χ3v) is 3.11. The number of pyridine rings is 1. The van der Waals surface area contributed by atoms with E-state index in [-0.39, 0.29) is 5.69 Å². The molecule has 2 heterocycles. The van der Waals surface area contributed by atoms with Crippen LogP contribution in [-0.2, 0) is 0 Å². The molecule has 23 heavy (non-hydrogen) atoms. The van der Waals surface area contributed by atoms with Crippen molar-refractivity contribution in [3.05, 3.63) is 65.1 Å². The standard InChI is InChI=1S/C15H12N6O2/c16-14-8-13(18-9-19-14)12-2-1-7-17-15(12)20-10-3-5-11(6-4-10)21(22)23/h1-9H,(H,17,20)(H2,16,18,19). The quantitative estimate of drug-likeness (QED) is 0.561. The van der Waals surface area contributed by atoms with Gasteiger partial charge in [0.25, 0.3) is 5.69 Å². The summed E-state index contributed by atoms with van der Waals surface area (Å²) >= 11 is 0. The summed E-state index contributed by atoms with van der Waals surface area (Å²) in [4.78, 5) is 22.6. The molecular weight excluding hydrogens is 296 g/mol. The first-order valence-corrected chi connectivity index (χ1v) is 6.68. The first-order chi connectivity index (χ1) is 11.1. The fraction of sp³-hybridized carbons (Fsp3) is 0.